The molecule has 1 nitrogen and oxygen atoms in total. The summed E-state index contributed by atoms with van der Waals surface area (Å²) < 4.78 is 0. The van der Waals surface area contributed by atoms with Crippen LogP contribution in [-0.4, -0.2) is 6.21 Å². The maximum Gasteiger partial charge on any atom is 0.0263 e. The van der Waals surface area contributed by atoms with Crippen molar-refractivity contribution in [1.29, 1.82) is 0 Å². The summed E-state index contributed by atoms with van der Waals surface area (Å²) in [6.45, 7) is 6.16. The quantitative estimate of drug-likeness (QED) is 0.419. The molecule has 0 aromatic heterocycles. The van der Waals surface area contributed by atoms with Gasteiger partial charge in [0.15, 0.2) is 0 Å². The Bertz CT molecular complexity index is 152. The lowest BCUT2D eigenvalue weighted by molar-refractivity contribution is 1.10. The second-order valence-electron chi connectivity index (χ2n) is 2.12. The van der Waals surface area contributed by atoms with E-state index in [1.807, 2.05) is 13.0 Å². The van der Waals surface area contributed by atoms with Crippen molar-refractivity contribution in [3.8, 4) is 0 Å². The average Bonchev–Trinajstić information content (AvgIpc) is 1.98. The molecule has 56 valence electrons. The average molecular weight is 137 g/mol. The maximum absolute atomic E-state index is 3.93. The van der Waals surface area contributed by atoms with E-state index in [0.29, 0.717) is 0 Å². The highest BCUT2D eigenvalue weighted by atomic mass is 14.6. The topological polar surface area (TPSA) is 12.4 Å². The first-order valence-corrected chi connectivity index (χ1v) is 3.61. The van der Waals surface area contributed by atoms with Crippen LogP contribution in [-0.2, 0) is 0 Å². The van der Waals surface area contributed by atoms with Gasteiger partial charge in [0.25, 0.3) is 0 Å². The first-order chi connectivity index (χ1) is 4.81. The van der Waals surface area contributed by atoms with E-state index in [2.05, 4.69) is 24.9 Å². The zero-order valence-corrected chi connectivity index (χ0v) is 6.96. The molecule has 0 atom stereocenters. The fourth-order valence-corrected chi connectivity index (χ4v) is 0.461. The van der Waals surface area contributed by atoms with Gasteiger partial charge in [-0.2, -0.15) is 0 Å². The summed E-state index contributed by atoms with van der Waals surface area (Å²) in [5, 5.41) is 0. The van der Waals surface area contributed by atoms with Gasteiger partial charge in [0.1, 0.15) is 0 Å². The van der Waals surface area contributed by atoms with E-state index >= 15 is 0 Å². The van der Waals surface area contributed by atoms with Crippen molar-refractivity contribution in [2.45, 2.75) is 27.2 Å². The molecule has 0 aliphatic carbocycles. The highest BCUT2D eigenvalue weighted by molar-refractivity contribution is 5.54. The molecule has 0 spiro atoms. The molecule has 0 amide bonds. The van der Waals surface area contributed by atoms with E-state index in [9.17, 15) is 0 Å². The number of hydrogen-bond acceptors (Lipinski definition) is 1. The van der Waals surface area contributed by atoms with Crippen LogP contribution in [0.3, 0.4) is 0 Å². The number of allylic oxidation sites excluding steroid dienone is 3. The fourth-order valence-electron chi connectivity index (χ4n) is 0.461. The standard InChI is InChI=1S/C9H15N/c1-4-9(3)7-6-8-10-5-2/h5-8H,4H2,1-3H3/b8-6-,9-7+,10-5?. The van der Waals surface area contributed by atoms with Crippen LogP contribution in [0.2, 0.25) is 0 Å². The zero-order chi connectivity index (χ0) is 7.82. The molecule has 0 aliphatic rings. The summed E-state index contributed by atoms with van der Waals surface area (Å²) in [5.41, 5.74) is 1.38. The van der Waals surface area contributed by atoms with Gasteiger partial charge in [-0.05, 0) is 26.3 Å². The Morgan fingerprint density at radius 2 is 2.20 bits per heavy atom. The Kier molecular flexibility index (Phi) is 5.74. The minimum absolute atomic E-state index is 1.11. The molecule has 10 heavy (non-hydrogen) atoms. The van der Waals surface area contributed by atoms with Crippen LogP contribution in [0.5, 0.6) is 0 Å². The summed E-state index contributed by atoms with van der Waals surface area (Å²) in [4.78, 5) is 3.93. The van der Waals surface area contributed by atoms with Crippen LogP contribution in [0.1, 0.15) is 27.2 Å². The Morgan fingerprint density at radius 3 is 2.70 bits per heavy atom. The van der Waals surface area contributed by atoms with Crippen LogP contribution < -0.4 is 0 Å². The van der Waals surface area contributed by atoms with Crippen molar-refractivity contribution in [3.63, 3.8) is 0 Å². The molecular formula is C9H15N. The summed E-state index contributed by atoms with van der Waals surface area (Å²) in [6.07, 6.45) is 8.71. The van der Waals surface area contributed by atoms with E-state index < -0.39 is 0 Å². The molecule has 0 saturated carbocycles. The Hall–Kier alpha value is -0.850. The molecule has 1 heteroatoms. The molecule has 0 saturated heterocycles. The smallest absolute Gasteiger partial charge is 0.0263 e. The van der Waals surface area contributed by atoms with E-state index in [1.54, 1.807) is 12.4 Å². The highest BCUT2D eigenvalue weighted by Gasteiger charge is 1.76. The zero-order valence-electron chi connectivity index (χ0n) is 6.96. The SMILES string of the molecule is CC=N/C=C\C=C(/C)CC. The van der Waals surface area contributed by atoms with Crippen LogP contribution in [0.4, 0.5) is 0 Å². The van der Waals surface area contributed by atoms with Crippen molar-refractivity contribution in [1.82, 2.24) is 0 Å². The van der Waals surface area contributed by atoms with Gasteiger partial charge in [0, 0.05) is 12.4 Å². The molecule has 0 bridgehead atoms. The lowest BCUT2D eigenvalue weighted by atomic mass is 10.2. The van der Waals surface area contributed by atoms with Crippen LogP contribution in [0, 0.1) is 0 Å². The number of hydrogen-bond donors (Lipinski definition) is 0. The van der Waals surface area contributed by atoms with Gasteiger partial charge in [-0.25, -0.2) is 0 Å². The molecule has 0 radical (unpaired) electrons. The van der Waals surface area contributed by atoms with Gasteiger partial charge < -0.3 is 0 Å². The lowest BCUT2D eigenvalue weighted by Crippen LogP contribution is -1.66. The van der Waals surface area contributed by atoms with E-state index in [1.165, 1.54) is 5.57 Å². The molecule has 0 aliphatic heterocycles. The van der Waals surface area contributed by atoms with Crippen LogP contribution >= 0.6 is 0 Å². The lowest BCUT2D eigenvalue weighted by Gasteiger charge is -1.87. The van der Waals surface area contributed by atoms with Crippen molar-refractivity contribution in [2.24, 2.45) is 4.99 Å². The minimum atomic E-state index is 1.11. The van der Waals surface area contributed by atoms with E-state index in [4.69, 9.17) is 0 Å². The Labute approximate surface area is 63.2 Å². The van der Waals surface area contributed by atoms with Crippen LogP contribution in [0.15, 0.2) is 28.9 Å². The summed E-state index contributed by atoms with van der Waals surface area (Å²) in [7, 11) is 0. The van der Waals surface area contributed by atoms with E-state index in [-0.39, 0.29) is 0 Å². The molecule has 0 aromatic rings. The first kappa shape index (κ1) is 9.15. The highest BCUT2D eigenvalue weighted by Crippen LogP contribution is 1.97. The van der Waals surface area contributed by atoms with Gasteiger partial charge in [-0.3, -0.25) is 4.99 Å². The van der Waals surface area contributed by atoms with Gasteiger partial charge in [-0.1, -0.05) is 18.6 Å². The summed E-state index contributed by atoms with van der Waals surface area (Å²) >= 11 is 0. The molecule has 0 N–H and O–H groups in total. The first-order valence-electron chi connectivity index (χ1n) is 3.61. The molecule has 0 unspecified atom stereocenters. The Morgan fingerprint density at radius 1 is 1.50 bits per heavy atom. The molecular weight excluding hydrogens is 122 g/mol. The van der Waals surface area contributed by atoms with Crippen LogP contribution in [0.25, 0.3) is 0 Å². The molecule has 0 aromatic carbocycles. The second-order valence-corrected chi connectivity index (χ2v) is 2.12. The minimum Gasteiger partial charge on any atom is -0.269 e. The largest absolute Gasteiger partial charge is 0.269 e. The third-order valence-electron chi connectivity index (χ3n) is 1.26. The summed E-state index contributed by atoms with van der Waals surface area (Å²) in [5.74, 6) is 0. The molecule has 0 fully saturated rings. The fraction of sp³-hybridized carbons (Fsp3) is 0.444. The van der Waals surface area contributed by atoms with Gasteiger partial charge in [-0.15, -0.1) is 0 Å². The normalized spacial score (nSPS) is 13.7. The van der Waals surface area contributed by atoms with Crippen molar-refractivity contribution >= 4 is 6.21 Å². The maximum atomic E-state index is 3.93. The Balaban J connectivity index is 3.70. The second kappa shape index (κ2) is 6.27. The molecule has 0 rings (SSSR count). The number of aliphatic imine (C=N–C) groups is 1. The third-order valence-corrected chi connectivity index (χ3v) is 1.26. The number of rotatable bonds is 3. The van der Waals surface area contributed by atoms with Gasteiger partial charge in [0.05, 0.1) is 0 Å². The number of nitrogens with zero attached hydrogens (tertiary/aromatic N) is 1. The van der Waals surface area contributed by atoms with Gasteiger partial charge >= 0.3 is 0 Å². The predicted octanol–water partition coefficient (Wildman–Crippen LogP) is 2.95. The molecule has 0 heterocycles. The van der Waals surface area contributed by atoms with Crippen molar-refractivity contribution in [3.05, 3.63) is 23.9 Å². The van der Waals surface area contributed by atoms with E-state index in [0.717, 1.165) is 6.42 Å². The third kappa shape index (κ3) is 5.29. The van der Waals surface area contributed by atoms with Gasteiger partial charge in [0.2, 0.25) is 0 Å². The summed E-state index contributed by atoms with van der Waals surface area (Å²) in [6, 6.07) is 0. The monoisotopic (exact) mass is 137 g/mol. The van der Waals surface area contributed by atoms with Crippen molar-refractivity contribution in [2.75, 3.05) is 0 Å². The van der Waals surface area contributed by atoms with Crippen molar-refractivity contribution < 1.29 is 0 Å². The predicted molar refractivity (Wildman–Crippen MR) is 47.4 cm³/mol.